The largest absolute Gasteiger partial charge is 0.481 e. The van der Waals surface area contributed by atoms with Gasteiger partial charge in [-0.25, -0.2) is 0 Å². The summed E-state index contributed by atoms with van der Waals surface area (Å²) in [5, 5.41) is 11.7. The number of aliphatic carboxylic acids is 1. The number of imide groups is 1. The van der Waals surface area contributed by atoms with Gasteiger partial charge in [0.05, 0.1) is 17.9 Å². The number of nitrogens with zero attached hydrogens (tertiary/aromatic N) is 1. The van der Waals surface area contributed by atoms with Crippen molar-refractivity contribution in [1.82, 2.24) is 10.2 Å². The zero-order valence-electron chi connectivity index (χ0n) is 11.1. The number of carbonyl (C=O) groups is 3. The number of piperidine rings is 1. The fourth-order valence-electron chi connectivity index (χ4n) is 3.15. The van der Waals surface area contributed by atoms with Gasteiger partial charge in [-0.05, 0) is 19.3 Å². The van der Waals surface area contributed by atoms with Crippen molar-refractivity contribution in [2.45, 2.75) is 45.1 Å². The number of hydrogen-bond donors (Lipinski definition) is 2. The first-order valence-electron chi connectivity index (χ1n) is 6.79. The fourth-order valence-corrected chi connectivity index (χ4v) is 3.15. The fraction of sp³-hybridized carbons (Fsp3) is 0.769. The average molecular weight is 268 g/mol. The Morgan fingerprint density at radius 2 is 2.05 bits per heavy atom. The van der Waals surface area contributed by atoms with E-state index in [0.717, 1.165) is 6.42 Å². The van der Waals surface area contributed by atoms with Crippen LogP contribution >= 0.6 is 0 Å². The molecule has 2 amide bonds. The predicted octanol–water partition coefficient (Wildman–Crippen LogP) is 0.368. The number of amides is 2. The third-order valence-corrected chi connectivity index (χ3v) is 4.32. The van der Waals surface area contributed by atoms with Crippen LogP contribution in [-0.4, -0.2) is 46.9 Å². The molecule has 1 unspecified atom stereocenters. The molecule has 0 aromatic rings. The van der Waals surface area contributed by atoms with Crippen LogP contribution in [0.2, 0.25) is 0 Å². The van der Waals surface area contributed by atoms with Gasteiger partial charge in [0.2, 0.25) is 11.8 Å². The van der Waals surface area contributed by atoms with Gasteiger partial charge in [-0.15, -0.1) is 0 Å². The second-order valence-corrected chi connectivity index (χ2v) is 5.50. The van der Waals surface area contributed by atoms with Gasteiger partial charge >= 0.3 is 5.97 Å². The number of carboxylic acids is 1. The third-order valence-electron chi connectivity index (χ3n) is 4.32. The number of carbonyl (C=O) groups excluding carboxylic acids is 2. The number of rotatable bonds is 4. The molecule has 1 atom stereocenters. The Balaban J connectivity index is 2.00. The molecule has 2 rings (SSSR count). The molecule has 0 radical (unpaired) electrons. The Labute approximate surface area is 112 Å². The van der Waals surface area contributed by atoms with E-state index >= 15 is 0 Å². The molecule has 2 aliphatic heterocycles. The molecule has 19 heavy (non-hydrogen) atoms. The van der Waals surface area contributed by atoms with E-state index in [2.05, 4.69) is 5.32 Å². The summed E-state index contributed by atoms with van der Waals surface area (Å²) in [7, 11) is 0. The molecule has 2 fully saturated rings. The molecule has 2 heterocycles. The molecule has 2 saturated heterocycles. The van der Waals surface area contributed by atoms with Crippen molar-refractivity contribution in [1.29, 1.82) is 0 Å². The summed E-state index contributed by atoms with van der Waals surface area (Å²) >= 11 is 0. The van der Waals surface area contributed by atoms with Crippen molar-refractivity contribution in [3.8, 4) is 0 Å². The summed E-state index contributed by atoms with van der Waals surface area (Å²) in [5.41, 5.74) is -0.648. The molecule has 6 heteroatoms. The molecule has 0 spiro atoms. The van der Waals surface area contributed by atoms with Crippen LogP contribution in [0.3, 0.4) is 0 Å². The molecule has 2 aliphatic rings. The lowest BCUT2D eigenvalue weighted by molar-refractivity contribution is -0.153. The molecular weight excluding hydrogens is 248 g/mol. The summed E-state index contributed by atoms with van der Waals surface area (Å²) in [4.78, 5) is 36.2. The summed E-state index contributed by atoms with van der Waals surface area (Å²) in [6.45, 7) is 3.12. The number of likely N-dealkylation sites (tertiary alicyclic amines) is 1. The highest BCUT2D eigenvalue weighted by Gasteiger charge is 2.44. The minimum atomic E-state index is -0.735. The van der Waals surface area contributed by atoms with Crippen LogP contribution in [0.5, 0.6) is 0 Å². The minimum absolute atomic E-state index is 0.201. The number of carboxylic acid groups (broad SMARTS) is 1. The zero-order valence-corrected chi connectivity index (χ0v) is 11.1. The van der Waals surface area contributed by atoms with Crippen LogP contribution in [0.15, 0.2) is 0 Å². The molecule has 0 aliphatic carbocycles. The van der Waals surface area contributed by atoms with Crippen molar-refractivity contribution in [2.24, 2.45) is 5.41 Å². The summed E-state index contributed by atoms with van der Waals surface area (Å²) < 4.78 is 0. The smallest absolute Gasteiger partial charge is 0.309 e. The third kappa shape index (κ3) is 2.63. The van der Waals surface area contributed by atoms with E-state index in [1.165, 1.54) is 0 Å². The van der Waals surface area contributed by atoms with Crippen molar-refractivity contribution < 1.29 is 19.5 Å². The van der Waals surface area contributed by atoms with Gasteiger partial charge in [0.15, 0.2) is 0 Å². The zero-order chi connectivity index (χ0) is 14.0. The molecule has 2 N–H and O–H groups in total. The molecule has 106 valence electrons. The van der Waals surface area contributed by atoms with Crippen molar-refractivity contribution in [3.05, 3.63) is 0 Å². The minimum Gasteiger partial charge on any atom is -0.481 e. The highest BCUT2D eigenvalue weighted by Crippen LogP contribution is 2.37. The summed E-state index contributed by atoms with van der Waals surface area (Å²) in [6, 6.07) is -0.402. The van der Waals surface area contributed by atoms with Gasteiger partial charge in [-0.1, -0.05) is 13.3 Å². The molecule has 6 nitrogen and oxygen atoms in total. The van der Waals surface area contributed by atoms with Gasteiger partial charge in [-0.3, -0.25) is 24.6 Å². The first-order chi connectivity index (χ1) is 8.98. The van der Waals surface area contributed by atoms with E-state index in [1.807, 2.05) is 11.8 Å². The van der Waals surface area contributed by atoms with Crippen LogP contribution < -0.4 is 5.32 Å². The Hall–Kier alpha value is -1.43. The van der Waals surface area contributed by atoms with Gasteiger partial charge < -0.3 is 5.11 Å². The lowest BCUT2D eigenvalue weighted by Gasteiger charge is -2.40. The first kappa shape index (κ1) is 14.0. The monoisotopic (exact) mass is 268 g/mol. The number of hydrogen-bond acceptors (Lipinski definition) is 4. The van der Waals surface area contributed by atoms with Crippen molar-refractivity contribution >= 4 is 17.8 Å². The second-order valence-electron chi connectivity index (χ2n) is 5.50. The molecule has 0 aromatic heterocycles. The predicted molar refractivity (Wildman–Crippen MR) is 67.3 cm³/mol. The SMILES string of the molecule is CCCC1(C(=O)O)CCN(C2CC(=O)NC2=O)CC1. The topological polar surface area (TPSA) is 86.7 Å². The van der Waals surface area contributed by atoms with E-state index in [9.17, 15) is 19.5 Å². The Morgan fingerprint density at radius 1 is 1.42 bits per heavy atom. The second kappa shape index (κ2) is 5.28. The van der Waals surface area contributed by atoms with E-state index in [1.54, 1.807) is 0 Å². The highest BCUT2D eigenvalue weighted by molar-refractivity contribution is 6.05. The highest BCUT2D eigenvalue weighted by atomic mass is 16.4. The van der Waals surface area contributed by atoms with Crippen LogP contribution in [0, 0.1) is 5.41 Å². The lowest BCUT2D eigenvalue weighted by Crippen LogP contribution is -2.50. The van der Waals surface area contributed by atoms with Crippen LogP contribution in [0.1, 0.15) is 39.0 Å². The van der Waals surface area contributed by atoms with Crippen molar-refractivity contribution in [2.75, 3.05) is 13.1 Å². The quantitative estimate of drug-likeness (QED) is 0.719. The maximum atomic E-state index is 11.6. The molecule has 0 bridgehead atoms. The summed E-state index contributed by atoms with van der Waals surface area (Å²) in [6.07, 6.45) is 2.82. The lowest BCUT2D eigenvalue weighted by atomic mass is 9.74. The van der Waals surface area contributed by atoms with Crippen LogP contribution in [0.25, 0.3) is 0 Å². The first-order valence-corrected chi connectivity index (χ1v) is 6.79. The molecular formula is C13H20N2O4. The van der Waals surface area contributed by atoms with Gasteiger partial charge in [0.25, 0.3) is 0 Å². The Morgan fingerprint density at radius 3 is 2.47 bits per heavy atom. The van der Waals surface area contributed by atoms with Gasteiger partial charge in [0.1, 0.15) is 0 Å². The van der Waals surface area contributed by atoms with E-state index in [4.69, 9.17) is 0 Å². The van der Waals surface area contributed by atoms with E-state index in [-0.39, 0.29) is 18.2 Å². The maximum Gasteiger partial charge on any atom is 0.309 e. The Kier molecular flexibility index (Phi) is 3.89. The number of nitrogens with one attached hydrogen (secondary N) is 1. The summed E-state index contributed by atoms with van der Waals surface area (Å²) in [5.74, 6) is -1.22. The Bertz CT molecular complexity index is 399. The van der Waals surface area contributed by atoms with Gasteiger partial charge in [-0.2, -0.15) is 0 Å². The van der Waals surface area contributed by atoms with E-state index in [0.29, 0.717) is 32.4 Å². The van der Waals surface area contributed by atoms with Crippen LogP contribution in [0.4, 0.5) is 0 Å². The molecule has 0 saturated carbocycles. The standard InChI is InChI=1S/C13H20N2O4/c1-2-3-13(12(18)19)4-6-15(7-5-13)9-8-10(16)14-11(9)17/h9H,2-8H2,1H3,(H,18,19)(H,14,16,17). The molecule has 0 aromatic carbocycles. The van der Waals surface area contributed by atoms with E-state index < -0.39 is 17.4 Å². The van der Waals surface area contributed by atoms with Crippen LogP contribution in [-0.2, 0) is 14.4 Å². The van der Waals surface area contributed by atoms with Crippen molar-refractivity contribution in [3.63, 3.8) is 0 Å². The normalized spacial score (nSPS) is 27.3. The maximum absolute atomic E-state index is 11.6. The van der Waals surface area contributed by atoms with Gasteiger partial charge in [0, 0.05) is 13.1 Å². The average Bonchev–Trinajstić information content (AvgIpc) is 2.69.